The van der Waals surface area contributed by atoms with Crippen molar-refractivity contribution in [3.63, 3.8) is 0 Å². The first-order chi connectivity index (χ1) is 16.8. The number of alkyl halides is 3. The normalized spacial score (nSPS) is 16.2. The Balaban J connectivity index is 1.33. The quantitative estimate of drug-likeness (QED) is 0.345. The van der Waals surface area contributed by atoms with E-state index in [9.17, 15) is 18.0 Å². The van der Waals surface area contributed by atoms with Crippen LogP contribution in [0.2, 0.25) is 0 Å². The van der Waals surface area contributed by atoms with Gasteiger partial charge in [0, 0.05) is 35.3 Å². The van der Waals surface area contributed by atoms with Crippen molar-refractivity contribution < 1.29 is 18.0 Å². The fraction of sp³-hybridized carbons (Fsp3) is 0.321. The topological polar surface area (TPSA) is 32.3 Å². The second kappa shape index (κ2) is 11.2. The molecule has 0 aromatic heterocycles. The van der Waals surface area contributed by atoms with E-state index in [0.717, 1.165) is 60.8 Å². The van der Waals surface area contributed by atoms with Crippen molar-refractivity contribution in [3.8, 4) is 0 Å². The molecule has 1 heterocycles. The average Bonchev–Trinajstić information content (AvgIpc) is 2.85. The number of piperidine rings is 1. The summed E-state index contributed by atoms with van der Waals surface area (Å²) in [6, 6.07) is 21.4. The summed E-state index contributed by atoms with van der Waals surface area (Å²) in [5.41, 5.74) is 3.09. The Bertz CT molecular complexity index is 1110. The second-order valence-electron chi connectivity index (χ2n) is 8.75. The van der Waals surface area contributed by atoms with Crippen LogP contribution in [-0.2, 0) is 17.4 Å². The van der Waals surface area contributed by atoms with Gasteiger partial charge in [0.2, 0.25) is 5.91 Å². The number of nitrogens with one attached hydrogen (secondary N) is 1. The van der Waals surface area contributed by atoms with E-state index in [-0.39, 0.29) is 11.8 Å². The number of anilines is 2. The molecule has 3 aromatic rings. The van der Waals surface area contributed by atoms with Crippen LogP contribution in [0.1, 0.15) is 42.4 Å². The number of carbonyl (C=O) groups is 1. The molecule has 1 aliphatic rings. The molecule has 3 nitrogen and oxygen atoms in total. The van der Waals surface area contributed by atoms with E-state index in [1.807, 2.05) is 48.5 Å². The second-order valence-corrected chi connectivity index (χ2v) is 10.1. The van der Waals surface area contributed by atoms with Crippen LogP contribution in [0.25, 0.3) is 0 Å². The molecule has 35 heavy (non-hydrogen) atoms. The lowest BCUT2D eigenvalue weighted by atomic mass is 9.90. The maximum absolute atomic E-state index is 12.9. The minimum absolute atomic E-state index is 0.0558. The summed E-state index contributed by atoms with van der Waals surface area (Å²) in [7, 11) is 0. The van der Waals surface area contributed by atoms with Crippen LogP contribution in [0.15, 0.2) is 77.7 Å². The van der Waals surface area contributed by atoms with Crippen molar-refractivity contribution in [2.45, 2.75) is 43.2 Å². The van der Waals surface area contributed by atoms with Crippen LogP contribution in [-0.4, -0.2) is 24.7 Å². The fourth-order valence-electron chi connectivity index (χ4n) is 4.44. The Morgan fingerprint density at radius 2 is 1.69 bits per heavy atom. The van der Waals surface area contributed by atoms with Gasteiger partial charge in [-0.25, -0.2) is 0 Å². The number of hydrogen-bond acceptors (Lipinski definition) is 3. The Hall–Kier alpha value is -2.93. The van der Waals surface area contributed by atoms with Crippen molar-refractivity contribution in [2.75, 3.05) is 29.1 Å². The molecule has 0 bridgehead atoms. The van der Waals surface area contributed by atoms with E-state index >= 15 is 0 Å². The molecule has 1 fully saturated rings. The minimum atomic E-state index is -4.32. The molecule has 0 spiro atoms. The number of hydrogen-bond donors (Lipinski definition) is 1. The molecule has 1 aliphatic heterocycles. The zero-order valence-corrected chi connectivity index (χ0v) is 20.5. The molecule has 0 aliphatic carbocycles. The predicted molar refractivity (Wildman–Crippen MR) is 137 cm³/mol. The molecule has 4 rings (SSSR count). The molecule has 7 heteroatoms. The van der Waals surface area contributed by atoms with Gasteiger partial charge in [-0.2, -0.15) is 13.2 Å². The molecule has 3 aromatic carbocycles. The number of halogens is 3. The highest BCUT2D eigenvalue weighted by Gasteiger charge is 2.30. The third-order valence-electron chi connectivity index (χ3n) is 6.25. The van der Waals surface area contributed by atoms with E-state index in [0.29, 0.717) is 6.42 Å². The third-order valence-corrected chi connectivity index (χ3v) is 7.14. The lowest BCUT2D eigenvalue weighted by Gasteiger charge is -2.35. The summed E-state index contributed by atoms with van der Waals surface area (Å²) in [6.45, 7) is 3.69. The van der Waals surface area contributed by atoms with E-state index in [2.05, 4.69) is 17.1 Å². The number of benzene rings is 3. The van der Waals surface area contributed by atoms with Gasteiger partial charge >= 0.3 is 6.18 Å². The summed E-state index contributed by atoms with van der Waals surface area (Å²) < 4.78 is 38.6. The number of amides is 1. The number of carbonyl (C=O) groups excluding carboxylic acids is 1. The van der Waals surface area contributed by atoms with Gasteiger partial charge in [0.05, 0.1) is 12.0 Å². The third kappa shape index (κ3) is 6.82. The number of thioether (sulfide) groups is 1. The zero-order valence-electron chi connectivity index (χ0n) is 19.6. The van der Waals surface area contributed by atoms with Crippen LogP contribution in [0.4, 0.5) is 24.5 Å². The summed E-state index contributed by atoms with van der Waals surface area (Å²) in [6.07, 6.45) is -2.00. The van der Waals surface area contributed by atoms with E-state index in [4.69, 9.17) is 0 Å². The molecule has 0 saturated carbocycles. The van der Waals surface area contributed by atoms with Gasteiger partial charge in [-0.15, -0.1) is 11.8 Å². The first-order valence-corrected chi connectivity index (χ1v) is 12.8. The highest BCUT2D eigenvalue weighted by Crippen LogP contribution is 2.33. The van der Waals surface area contributed by atoms with Gasteiger partial charge in [0.1, 0.15) is 0 Å². The molecular formula is C28H29F3N2OS. The Labute approximate surface area is 208 Å². The lowest BCUT2D eigenvalue weighted by molar-refractivity contribution is -0.137. The first-order valence-electron chi connectivity index (χ1n) is 11.9. The summed E-state index contributed by atoms with van der Waals surface area (Å²) in [4.78, 5) is 15.8. The monoisotopic (exact) mass is 498 g/mol. The molecule has 0 radical (unpaired) electrons. The van der Waals surface area contributed by atoms with Crippen molar-refractivity contribution in [1.29, 1.82) is 0 Å². The Kier molecular flexibility index (Phi) is 8.06. The van der Waals surface area contributed by atoms with Gasteiger partial charge in [0.25, 0.3) is 0 Å². The van der Waals surface area contributed by atoms with Gasteiger partial charge in [-0.1, -0.05) is 31.2 Å². The summed E-state index contributed by atoms with van der Waals surface area (Å²) in [5, 5.41) is 2.97. The molecular weight excluding hydrogens is 469 g/mol. The van der Waals surface area contributed by atoms with Gasteiger partial charge < -0.3 is 10.2 Å². The highest BCUT2D eigenvalue weighted by molar-refractivity contribution is 7.99. The van der Waals surface area contributed by atoms with Crippen LogP contribution >= 0.6 is 11.8 Å². The molecule has 1 unspecified atom stereocenters. The Morgan fingerprint density at radius 3 is 2.31 bits per heavy atom. The standard InChI is InChI=1S/C28H29F3N2OS/c1-2-35-26-15-5-20(6-16-26)18-27(34)32-24-11-7-21(8-12-24)22-4-3-17-33(19-22)25-13-9-23(10-14-25)28(29,30)31/h5-16,22H,2-4,17-19H2,1H3,(H,32,34). The van der Waals surface area contributed by atoms with Crippen LogP contribution in [0, 0.1) is 0 Å². The van der Waals surface area contributed by atoms with Crippen LogP contribution < -0.4 is 10.2 Å². The lowest BCUT2D eigenvalue weighted by Crippen LogP contribution is -2.34. The molecule has 184 valence electrons. The largest absolute Gasteiger partial charge is 0.416 e. The summed E-state index contributed by atoms with van der Waals surface area (Å²) >= 11 is 1.77. The van der Waals surface area contributed by atoms with Crippen LogP contribution in [0.3, 0.4) is 0 Å². The maximum atomic E-state index is 12.9. The van der Waals surface area contributed by atoms with Crippen molar-refractivity contribution in [2.24, 2.45) is 0 Å². The van der Waals surface area contributed by atoms with E-state index in [1.165, 1.54) is 10.5 Å². The van der Waals surface area contributed by atoms with Crippen molar-refractivity contribution in [3.05, 3.63) is 89.5 Å². The highest BCUT2D eigenvalue weighted by atomic mass is 32.2. The van der Waals surface area contributed by atoms with Gasteiger partial charge in [-0.05, 0) is 78.3 Å². The average molecular weight is 499 g/mol. The van der Waals surface area contributed by atoms with Crippen molar-refractivity contribution >= 4 is 29.0 Å². The summed E-state index contributed by atoms with van der Waals surface area (Å²) in [5.74, 6) is 1.25. The molecule has 1 saturated heterocycles. The van der Waals surface area contributed by atoms with Gasteiger partial charge in [0.15, 0.2) is 0 Å². The molecule has 1 atom stereocenters. The van der Waals surface area contributed by atoms with Gasteiger partial charge in [-0.3, -0.25) is 4.79 Å². The number of rotatable bonds is 7. The SMILES string of the molecule is CCSc1ccc(CC(=O)Nc2ccc(C3CCCN(c4ccc(C(F)(F)F)cc4)C3)cc2)cc1. The minimum Gasteiger partial charge on any atom is -0.371 e. The van der Waals surface area contributed by atoms with Crippen LogP contribution in [0.5, 0.6) is 0 Å². The fourth-order valence-corrected chi connectivity index (χ4v) is 5.11. The van der Waals surface area contributed by atoms with E-state index in [1.54, 1.807) is 23.9 Å². The predicted octanol–water partition coefficient (Wildman–Crippen LogP) is 7.38. The first kappa shape index (κ1) is 25.2. The smallest absolute Gasteiger partial charge is 0.371 e. The van der Waals surface area contributed by atoms with E-state index < -0.39 is 11.7 Å². The molecule has 1 amide bonds. The Morgan fingerprint density at radius 1 is 1.00 bits per heavy atom. The number of nitrogens with zero attached hydrogens (tertiary/aromatic N) is 1. The maximum Gasteiger partial charge on any atom is 0.416 e. The zero-order chi connectivity index (χ0) is 24.8. The van der Waals surface area contributed by atoms with Crippen molar-refractivity contribution in [1.82, 2.24) is 0 Å². The molecule has 1 N–H and O–H groups in total.